The molecule has 1 atom stereocenters. The third-order valence-corrected chi connectivity index (χ3v) is 3.98. The Morgan fingerprint density at radius 2 is 1.74 bits per heavy atom. The van der Waals surface area contributed by atoms with E-state index < -0.39 is 0 Å². The van der Waals surface area contributed by atoms with Gasteiger partial charge in [0.1, 0.15) is 5.78 Å². The highest BCUT2D eigenvalue weighted by Gasteiger charge is 2.29. The first-order valence-electron chi connectivity index (χ1n) is 7.31. The summed E-state index contributed by atoms with van der Waals surface area (Å²) in [5.41, 5.74) is 1.04. The summed E-state index contributed by atoms with van der Waals surface area (Å²) in [5, 5.41) is 0. The first-order valence-corrected chi connectivity index (χ1v) is 7.31. The fraction of sp³-hybridized carbons (Fsp3) is 0.588. The molecule has 1 saturated heterocycles. The van der Waals surface area contributed by atoms with Crippen LogP contribution in [0.2, 0.25) is 0 Å². The van der Waals surface area contributed by atoms with Gasteiger partial charge in [0, 0.05) is 17.9 Å². The molecular weight excluding hydrogens is 234 g/mol. The maximum atomic E-state index is 12.4. The zero-order chi connectivity index (χ0) is 13.9. The highest BCUT2D eigenvalue weighted by atomic mass is 16.1. The SMILES string of the molecule is CC(C)(C)C(=O)CC(c1ccccc1)N1CCCC1. The molecule has 2 nitrogen and oxygen atoms in total. The summed E-state index contributed by atoms with van der Waals surface area (Å²) in [6.45, 7) is 8.29. The number of benzene rings is 1. The standard InChI is InChI=1S/C17H25NO/c1-17(2,3)16(19)13-15(18-11-7-8-12-18)14-9-5-4-6-10-14/h4-6,9-10,15H,7-8,11-13H2,1-3H3. The monoisotopic (exact) mass is 259 g/mol. The smallest absolute Gasteiger partial charge is 0.140 e. The van der Waals surface area contributed by atoms with Gasteiger partial charge in [-0.1, -0.05) is 51.1 Å². The van der Waals surface area contributed by atoms with E-state index in [1.54, 1.807) is 0 Å². The fourth-order valence-electron chi connectivity index (χ4n) is 2.67. The third-order valence-electron chi connectivity index (χ3n) is 3.98. The maximum Gasteiger partial charge on any atom is 0.140 e. The van der Waals surface area contributed by atoms with Crippen LogP contribution < -0.4 is 0 Å². The molecule has 2 heteroatoms. The minimum absolute atomic E-state index is 0.243. The molecule has 0 amide bonds. The first kappa shape index (κ1) is 14.3. The van der Waals surface area contributed by atoms with Crippen LogP contribution in [-0.4, -0.2) is 23.8 Å². The molecule has 1 heterocycles. The van der Waals surface area contributed by atoms with E-state index in [1.807, 2.05) is 26.8 Å². The zero-order valence-corrected chi connectivity index (χ0v) is 12.4. The van der Waals surface area contributed by atoms with Crippen molar-refractivity contribution in [2.45, 2.75) is 46.1 Å². The van der Waals surface area contributed by atoms with Crippen molar-refractivity contribution >= 4 is 5.78 Å². The second kappa shape index (κ2) is 5.87. The van der Waals surface area contributed by atoms with Crippen LogP contribution in [0.25, 0.3) is 0 Å². The molecule has 0 N–H and O–H groups in total. The van der Waals surface area contributed by atoms with E-state index in [1.165, 1.54) is 18.4 Å². The summed E-state index contributed by atoms with van der Waals surface area (Å²) in [4.78, 5) is 14.8. The Morgan fingerprint density at radius 3 is 2.26 bits per heavy atom. The van der Waals surface area contributed by atoms with E-state index in [0.717, 1.165) is 13.1 Å². The summed E-state index contributed by atoms with van der Waals surface area (Å²) in [5.74, 6) is 0.355. The Bertz CT molecular complexity index is 413. The molecule has 1 fully saturated rings. The summed E-state index contributed by atoms with van der Waals surface area (Å²) in [6.07, 6.45) is 3.15. The van der Waals surface area contributed by atoms with Crippen LogP contribution in [0, 0.1) is 5.41 Å². The van der Waals surface area contributed by atoms with Crippen LogP contribution in [0.4, 0.5) is 0 Å². The van der Waals surface area contributed by atoms with Gasteiger partial charge >= 0.3 is 0 Å². The second-order valence-electron chi connectivity index (χ2n) is 6.55. The molecule has 0 saturated carbocycles. The average Bonchev–Trinajstić information content (AvgIpc) is 2.89. The van der Waals surface area contributed by atoms with E-state index in [9.17, 15) is 4.79 Å². The molecule has 1 aromatic rings. The largest absolute Gasteiger partial charge is 0.299 e. The molecule has 1 aliphatic rings. The Morgan fingerprint density at radius 1 is 1.16 bits per heavy atom. The van der Waals surface area contributed by atoms with Crippen molar-refractivity contribution in [3.63, 3.8) is 0 Å². The van der Waals surface area contributed by atoms with Gasteiger partial charge in [-0.15, -0.1) is 0 Å². The lowest BCUT2D eigenvalue weighted by Crippen LogP contribution is -2.31. The molecule has 0 spiro atoms. The fourth-order valence-corrected chi connectivity index (χ4v) is 2.67. The zero-order valence-electron chi connectivity index (χ0n) is 12.4. The number of hydrogen-bond acceptors (Lipinski definition) is 2. The van der Waals surface area contributed by atoms with E-state index in [4.69, 9.17) is 0 Å². The number of carbonyl (C=O) groups excluding carboxylic acids is 1. The van der Waals surface area contributed by atoms with Gasteiger partial charge in [-0.25, -0.2) is 0 Å². The molecule has 0 aromatic heterocycles. The molecule has 0 radical (unpaired) electrons. The summed E-state index contributed by atoms with van der Waals surface area (Å²) < 4.78 is 0. The van der Waals surface area contributed by atoms with Gasteiger partial charge in [-0.2, -0.15) is 0 Å². The van der Waals surface area contributed by atoms with E-state index in [2.05, 4.69) is 29.2 Å². The van der Waals surface area contributed by atoms with E-state index >= 15 is 0 Å². The Hall–Kier alpha value is -1.15. The highest BCUT2D eigenvalue weighted by molar-refractivity contribution is 5.84. The lowest BCUT2D eigenvalue weighted by Gasteiger charge is -2.30. The van der Waals surface area contributed by atoms with Crippen LogP contribution in [0.15, 0.2) is 30.3 Å². The van der Waals surface area contributed by atoms with Crippen LogP contribution in [0.5, 0.6) is 0 Å². The highest BCUT2D eigenvalue weighted by Crippen LogP contribution is 2.31. The van der Waals surface area contributed by atoms with E-state index in [0.29, 0.717) is 12.2 Å². The lowest BCUT2D eigenvalue weighted by atomic mass is 9.85. The van der Waals surface area contributed by atoms with Gasteiger partial charge in [0.2, 0.25) is 0 Å². The van der Waals surface area contributed by atoms with Crippen LogP contribution in [0.3, 0.4) is 0 Å². The maximum absolute atomic E-state index is 12.4. The van der Waals surface area contributed by atoms with Gasteiger partial charge < -0.3 is 0 Å². The Labute approximate surface area is 116 Å². The second-order valence-corrected chi connectivity index (χ2v) is 6.55. The molecule has 19 heavy (non-hydrogen) atoms. The van der Waals surface area contributed by atoms with Crippen molar-refractivity contribution in [1.29, 1.82) is 0 Å². The predicted octanol–water partition coefficient (Wildman–Crippen LogP) is 3.83. The molecule has 1 unspecified atom stereocenters. The molecule has 1 aromatic carbocycles. The molecule has 104 valence electrons. The summed E-state index contributed by atoms with van der Waals surface area (Å²) >= 11 is 0. The average molecular weight is 259 g/mol. The molecule has 1 aliphatic heterocycles. The minimum Gasteiger partial charge on any atom is -0.299 e. The molecule has 0 aliphatic carbocycles. The lowest BCUT2D eigenvalue weighted by molar-refractivity contribution is -0.127. The first-order chi connectivity index (χ1) is 8.98. The quantitative estimate of drug-likeness (QED) is 0.819. The summed E-state index contributed by atoms with van der Waals surface area (Å²) in [6, 6.07) is 10.7. The van der Waals surface area contributed by atoms with Crippen molar-refractivity contribution in [3.05, 3.63) is 35.9 Å². The normalized spacial score (nSPS) is 18.5. The van der Waals surface area contributed by atoms with E-state index in [-0.39, 0.29) is 11.5 Å². The number of Topliss-reactive ketones (excluding diaryl/α,β-unsaturated/α-hetero) is 1. The number of hydrogen-bond donors (Lipinski definition) is 0. The van der Waals surface area contributed by atoms with Crippen molar-refractivity contribution in [1.82, 2.24) is 4.90 Å². The van der Waals surface area contributed by atoms with Crippen molar-refractivity contribution in [2.75, 3.05) is 13.1 Å². The third kappa shape index (κ3) is 3.66. The van der Waals surface area contributed by atoms with Crippen molar-refractivity contribution in [2.24, 2.45) is 5.41 Å². The molecule has 2 rings (SSSR count). The van der Waals surface area contributed by atoms with Gasteiger partial charge in [0.05, 0.1) is 0 Å². The Kier molecular flexibility index (Phi) is 4.41. The number of ketones is 1. The van der Waals surface area contributed by atoms with Crippen molar-refractivity contribution in [3.8, 4) is 0 Å². The van der Waals surface area contributed by atoms with Gasteiger partial charge in [0.25, 0.3) is 0 Å². The van der Waals surface area contributed by atoms with Gasteiger partial charge in [-0.05, 0) is 31.5 Å². The Balaban J connectivity index is 2.18. The minimum atomic E-state index is -0.243. The van der Waals surface area contributed by atoms with Crippen LogP contribution >= 0.6 is 0 Å². The van der Waals surface area contributed by atoms with Gasteiger partial charge in [0.15, 0.2) is 0 Å². The topological polar surface area (TPSA) is 20.3 Å². The number of nitrogens with zero attached hydrogens (tertiary/aromatic N) is 1. The number of rotatable bonds is 4. The van der Waals surface area contributed by atoms with Gasteiger partial charge in [-0.3, -0.25) is 9.69 Å². The number of likely N-dealkylation sites (tertiary alicyclic amines) is 1. The summed E-state index contributed by atoms with van der Waals surface area (Å²) in [7, 11) is 0. The van der Waals surface area contributed by atoms with Crippen molar-refractivity contribution < 1.29 is 4.79 Å². The van der Waals surface area contributed by atoms with Crippen LogP contribution in [0.1, 0.15) is 51.6 Å². The predicted molar refractivity (Wildman–Crippen MR) is 79.1 cm³/mol. The number of carbonyl (C=O) groups is 1. The van der Waals surface area contributed by atoms with Crippen LogP contribution in [-0.2, 0) is 4.79 Å². The molecular formula is C17H25NO. The molecule has 0 bridgehead atoms.